The van der Waals surface area contributed by atoms with Gasteiger partial charge in [-0.3, -0.25) is 19.2 Å². The van der Waals surface area contributed by atoms with Crippen molar-refractivity contribution < 1.29 is 23.2 Å². The van der Waals surface area contributed by atoms with Gasteiger partial charge < -0.3 is 5.11 Å². The summed E-state index contributed by atoms with van der Waals surface area (Å²) in [5.74, 6) is -1.06. The Morgan fingerprint density at radius 2 is 1.77 bits per heavy atom. The molecule has 10 heteroatoms. The minimum Gasteiger partial charge on any atom is -0.481 e. The predicted molar refractivity (Wildman–Crippen MR) is 98.6 cm³/mol. The lowest BCUT2D eigenvalue weighted by Crippen LogP contribution is -2.33. The van der Waals surface area contributed by atoms with Crippen LogP contribution in [-0.2, 0) is 14.8 Å². The Balaban J connectivity index is 2.55. The Morgan fingerprint density at radius 1 is 1.15 bits per heavy atom. The molecule has 0 heterocycles. The molecule has 138 valence electrons. The van der Waals surface area contributed by atoms with Crippen LogP contribution in [-0.4, -0.2) is 31.0 Å². The summed E-state index contributed by atoms with van der Waals surface area (Å²) < 4.78 is 27.7. The first-order chi connectivity index (χ1) is 12.2. The number of nitro benzene ring substituents is 1. The molecule has 0 aliphatic rings. The molecule has 1 N–H and O–H groups in total. The van der Waals surface area contributed by atoms with Crippen LogP contribution in [0.15, 0.2) is 57.9 Å². The third-order valence-corrected chi connectivity index (χ3v) is 6.03. The maximum Gasteiger partial charge on any atom is 0.303 e. The highest BCUT2D eigenvalue weighted by Crippen LogP contribution is 2.33. The molecule has 0 bridgehead atoms. The van der Waals surface area contributed by atoms with Gasteiger partial charge in [0, 0.05) is 23.5 Å². The van der Waals surface area contributed by atoms with Gasteiger partial charge in [-0.2, -0.15) is 0 Å². The first kappa shape index (κ1) is 19.9. The summed E-state index contributed by atoms with van der Waals surface area (Å²) in [7, 11) is -4.28. The molecule has 0 saturated heterocycles. The molecular weight excluding hydrogens is 428 g/mol. The second-order valence-corrected chi connectivity index (χ2v) is 7.94. The third-order valence-electron chi connectivity index (χ3n) is 3.50. The van der Waals surface area contributed by atoms with Crippen LogP contribution in [0.3, 0.4) is 0 Å². The van der Waals surface area contributed by atoms with E-state index >= 15 is 0 Å². The zero-order valence-electron chi connectivity index (χ0n) is 13.4. The van der Waals surface area contributed by atoms with Crippen LogP contribution in [0.5, 0.6) is 0 Å². The summed E-state index contributed by atoms with van der Waals surface area (Å²) in [5, 5.41) is 20.1. The van der Waals surface area contributed by atoms with Gasteiger partial charge in [-0.15, -0.1) is 0 Å². The van der Waals surface area contributed by atoms with Crippen molar-refractivity contribution in [3.63, 3.8) is 0 Å². The van der Waals surface area contributed by atoms with Gasteiger partial charge in [0.15, 0.2) is 4.90 Å². The van der Waals surface area contributed by atoms with Gasteiger partial charge in [-0.05, 0) is 40.5 Å². The average molecular weight is 443 g/mol. The fourth-order valence-corrected chi connectivity index (χ4v) is 4.64. The van der Waals surface area contributed by atoms with Crippen molar-refractivity contribution in [2.45, 2.75) is 17.7 Å². The quantitative estimate of drug-likeness (QED) is 0.494. The number of carbonyl (C=O) groups is 1. The molecule has 26 heavy (non-hydrogen) atoms. The minimum absolute atomic E-state index is 0.0521. The molecule has 0 aromatic heterocycles. The molecule has 0 saturated carbocycles. The van der Waals surface area contributed by atoms with Gasteiger partial charge in [0.25, 0.3) is 15.7 Å². The number of nitro groups is 1. The molecule has 0 radical (unpaired) electrons. The van der Waals surface area contributed by atoms with E-state index in [2.05, 4.69) is 15.9 Å². The molecule has 2 rings (SSSR count). The van der Waals surface area contributed by atoms with E-state index in [1.54, 1.807) is 18.2 Å². The Hall–Kier alpha value is -2.46. The Bertz CT molecular complexity index is 932. The van der Waals surface area contributed by atoms with E-state index in [-0.39, 0.29) is 25.1 Å². The number of para-hydroxylation sites is 2. The fraction of sp³-hybridized carbons (Fsp3) is 0.188. The van der Waals surface area contributed by atoms with Gasteiger partial charge in [0.2, 0.25) is 0 Å². The molecular formula is C16H15BrN2O6S. The number of carboxylic acid groups (broad SMARTS) is 1. The number of carboxylic acids is 1. The van der Waals surface area contributed by atoms with Crippen LogP contribution in [0.2, 0.25) is 0 Å². The number of rotatable bonds is 8. The first-order valence-electron chi connectivity index (χ1n) is 7.47. The van der Waals surface area contributed by atoms with Crippen LogP contribution >= 0.6 is 15.9 Å². The zero-order valence-corrected chi connectivity index (χ0v) is 15.8. The van der Waals surface area contributed by atoms with Crippen molar-refractivity contribution in [3.05, 3.63) is 63.1 Å². The van der Waals surface area contributed by atoms with Crippen molar-refractivity contribution in [2.75, 3.05) is 10.8 Å². The second-order valence-electron chi connectivity index (χ2n) is 5.25. The van der Waals surface area contributed by atoms with E-state index in [1.165, 1.54) is 18.2 Å². The number of aliphatic carboxylic acids is 1. The monoisotopic (exact) mass is 442 g/mol. The largest absolute Gasteiger partial charge is 0.481 e. The highest BCUT2D eigenvalue weighted by Gasteiger charge is 2.32. The lowest BCUT2D eigenvalue weighted by Gasteiger charge is -2.25. The summed E-state index contributed by atoms with van der Waals surface area (Å²) in [6.45, 7) is -0.136. The molecule has 0 aliphatic heterocycles. The Kier molecular flexibility index (Phi) is 6.32. The van der Waals surface area contributed by atoms with E-state index in [0.717, 1.165) is 16.4 Å². The van der Waals surface area contributed by atoms with E-state index < -0.39 is 31.5 Å². The van der Waals surface area contributed by atoms with Crippen LogP contribution in [0, 0.1) is 10.1 Å². The Morgan fingerprint density at radius 3 is 2.38 bits per heavy atom. The SMILES string of the molecule is O=C(O)CCCN(c1ccccc1Br)S(=O)(=O)c1ccccc1[N+](=O)[O-]. The molecule has 2 aromatic carbocycles. The summed E-state index contributed by atoms with van der Waals surface area (Å²) in [6, 6.07) is 11.5. The maximum absolute atomic E-state index is 13.1. The molecule has 0 unspecified atom stereocenters. The van der Waals surface area contributed by atoms with Gasteiger partial charge >= 0.3 is 5.97 Å². The number of sulfonamides is 1. The number of hydrogen-bond acceptors (Lipinski definition) is 5. The molecule has 8 nitrogen and oxygen atoms in total. The standard InChI is InChI=1S/C16H15BrN2O6S/c17-12-6-1-2-7-13(12)18(11-5-10-16(20)21)26(24,25)15-9-4-3-8-14(15)19(22)23/h1-4,6-9H,5,10-11H2,(H,20,21). The molecule has 0 spiro atoms. The van der Waals surface area contributed by atoms with Crippen molar-refractivity contribution in [2.24, 2.45) is 0 Å². The van der Waals surface area contributed by atoms with Crippen LogP contribution in [0.4, 0.5) is 11.4 Å². The van der Waals surface area contributed by atoms with Crippen molar-refractivity contribution in [3.8, 4) is 0 Å². The van der Waals surface area contributed by atoms with Crippen molar-refractivity contribution in [1.82, 2.24) is 0 Å². The van der Waals surface area contributed by atoms with E-state index in [4.69, 9.17) is 5.11 Å². The van der Waals surface area contributed by atoms with Gasteiger partial charge in [-0.25, -0.2) is 8.42 Å². The van der Waals surface area contributed by atoms with E-state index in [0.29, 0.717) is 4.47 Å². The van der Waals surface area contributed by atoms with Gasteiger partial charge in [-0.1, -0.05) is 24.3 Å². The summed E-state index contributed by atoms with van der Waals surface area (Å²) >= 11 is 3.27. The number of anilines is 1. The molecule has 2 aromatic rings. The van der Waals surface area contributed by atoms with Crippen molar-refractivity contribution >= 4 is 43.3 Å². The minimum atomic E-state index is -4.28. The van der Waals surface area contributed by atoms with Gasteiger partial charge in [0.1, 0.15) is 0 Å². The number of benzene rings is 2. The number of hydrogen-bond donors (Lipinski definition) is 1. The Labute approximate surface area is 158 Å². The highest BCUT2D eigenvalue weighted by atomic mass is 79.9. The topological polar surface area (TPSA) is 118 Å². The summed E-state index contributed by atoms with van der Waals surface area (Å²) in [4.78, 5) is 20.8. The normalized spacial score (nSPS) is 11.1. The lowest BCUT2D eigenvalue weighted by atomic mass is 10.3. The smallest absolute Gasteiger partial charge is 0.303 e. The maximum atomic E-state index is 13.1. The van der Waals surface area contributed by atoms with Gasteiger partial charge in [0.05, 0.1) is 10.6 Å². The van der Waals surface area contributed by atoms with Crippen LogP contribution in [0.1, 0.15) is 12.8 Å². The third kappa shape index (κ3) is 4.38. The number of nitrogens with zero attached hydrogens (tertiary/aromatic N) is 2. The van der Waals surface area contributed by atoms with Crippen LogP contribution < -0.4 is 4.31 Å². The summed E-state index contributed by atoms with van der Waals surface area (Å²) in [5.41, 5.74) is -0.265. The fourth-order valence-electron chi connectivity index (χ4n) is 2.34. The zero-order chi connectivity index (χ0) is 19.3. The molecule has 0 atom stereocenters. The molecule has 0 fully saturated rings. The van der Waals surface area contributed by atoms with Crippen LogP contribution in [0.25, 0.3) is 0 Å². The number of halogens is 1. The lowest BCUT2D eigenvalue weighted by molar-refractivity contribution is -0.387. The van der Waals surface area contributed by atoms with E-state index in [1.807, 2.05) is 0 Å². The average Bonchev–Trinajstić information content (AvgIpc) is 2.59. The molecule has 0 aliphatic carbocycles. The molecule has 0 amide bonds. The predicted octanol–water partition coefficient (Wildman–Crippen LogP) is 3.42. The first-order valence-corrected chi connectivity index (χ1v) is 9.71. The second kappa shape index (κ2) is 8.28. The van der Waals surface area contributed by atoms with E-state index in [9.17, 15) is 23.3 Å². The summed E-state index contributed by atoms with van der Waals surface area (Å²) in [6.07, 6.45) is -0.177. The highest BCUT2D eigenvalue weighted by molar-refractivity contribution is 9.10. The van der Waals surface area contributed by atoms with Crippen molar-refractivity contribution in [1.29, 1.82) is 0 Å².